The molecule has 0 atom stereocenters. The van der Waals surface area contributed by atoms with E-state index in [-0.39, 0.29) is 12.5 Å². The number of ether oxygens (including phenoxy) is 1. The molecule has 27 heavy (non-hydrogen) atoms. The molecule has 1 heterocycles. The van der Waals surface area contributed by atoms with Crippen LogP contribution in [0.2, 0.25) is 0 Å². The SMILES string of the molecule is CCc1ccc(Nc2ccc(NC(=O)COc3ccc(C)cc3)cn2)cc1. The minimum atomic E-state index is -0.228. The van der Waals surface area contributed by atoms with Gasteiger partial charge in [0.2, 0.25) is 0 Å². The van der Waals surface area contributed by atoms with Gasteiger partial charge < -0.3 is 15.4 Å². The Labute approximate surface area is 159 Å². The molecule has 0 saturated heterocycles. The zero-order chi connectivity index (χ0) is 19.1. The van der Waals surface area contributed by atoms with Crippen LogP contribution < -0.4 is 15.4 Å². The first kappa shape index (κ1) is 18.5. The van der Waals surface area contributed by atoms with Crippen LogP contribution in [0.25, 0.3) is 0 Å². The fraction of sp³-hybridized carbons (Fsp3) is 0.182. The number of aromatic nitrogens is 1. The van der Waals surface area contributed by atoms with Crippen molar-refractivity contribution in [2.75, 3.05) is 17.2 Å². The number of amides is 1. The van der Waals surface area contributed by atoms with Crippen LogP contribution >= 0.6 is 0 Å². The van der Waals surface area contributed by atoms with Crippen LogP contribution in [0.1, 0.15) is 18.1 Å². The number of anilines is 3. The first-order valence-corrected chi connectivity index (χ1v) is 8.94. The summed E-state index contributed by atoms with van der Waals surface area (Å²) in [5.74, 6) is 1.16. The molecule has 0 fully saturated rings. The second kappa shape index (κ2) is 8.85. The van der Waals surface area contributed by atoms with Crippen molar-refractivity contribution in [3.05, 3.63) is 78.0 Å². The number of rotatable bonds is 7. The summed E-state index contributed by atoms with van der Waals surface area (Å²) in [4.78, 5) is 16.3. The number of aryl methyl sites for hydroxylation is 2. The van der Waals surface area contributed by atoms with Gasteiger partial charge in [-0.25, -0.2) is 4.98 Å². The topological polar surface area (TPSA) is 63.2 Å². The summed E-state index contributed by atoms with van der Waals surface area (Å²) in [7, 11) is 0. The van der Waals surface area contributed by atoms with E-state index < -0.39 is 0 Å². The van der Waals surface area contributed by atoms with Crippen LogP contribution in [0.5, 0.6) is 5.75 Å². The number of nitrogens with zero attached hydrogens (tertiary/aromatic N) is 1. The van der Waals surface area contributed by atoms with Crippen LogP contribution in [0.4, 0.5) is 17.2 Å². The molecule has 1 amide bonds. The highest BCUT2D eigenvalue weighted by atomic mass is 16.5. The summed E-state index contributed by atoms with van der Waals surface area (Å²) >= 11 is 0. The van der Waals surface area contributed by atoms with Gasteiger partial charge in [0.05, 0.1) is 11.9 Å². The van der Waals surface area contributed by atoms with Crippen LogP contribution in [0.3, 0.4) is 0 Å². The van der Waals surface area contributed by atoms with E-state index in [4.69, 9.17) is 4.74 Å². The number of carbonyl (C=O) groups is 1. The number of nitrogens with one attached hydrogen (secondary N) is 2. The van der Waals surface area contributed by atoms with E-state index in [0.717, 1.165) is 17.7 Å². The fourth-order valence-corrected chi connectivity index (χ4v) is 2.49. The number of carbonyl (C=O) groups excluding carboxylic acids is 1. The number of benzene rings is 2. The Bertz CT molecular complexity index is 873. The third kappa shape index (κ3) is 5.57. The summed E-state index contributed by atoms with van der Waals surface area (Å²) in [5, 5.41) is 6.01. The van der Waals surface area contributed by atoms with E-state index in [9.17, 15) is 4.79 Å². The van der Waals surface area contributed by atoms with Gasteiger partial charge in [-0.2, -0.15) is 0 Å². The molecule has 2 aromatic carbocycles. The zero-order valence-electron chi connectivity index (χ0n) is 15.5. The molecule has 2 N–H and O–H groups in total. The summed E-state index contributed by atoms with van der Waals surface area (Å²) < 4.78 is 5.47. The molecule has 0 saturated carbocycles. The van der Waals surface area contributed by atoms with Crippen LogP contribution in [-0.4, -0.2) is 17.5 Å². The van der Waals surface area contributed by atoms with Crippen LogP contribution in [0, 0.1) is 6.92 Å². The molecule has 0 radical (unpaired) electrons. The molecule has 0 aliphatic carbocycles. The third-order valence-corrected chi connectivity index (χ3v) is 4.07. The van der Waals surface area contributed by atoms with E-state index in [2.05, 4.69) is 34.7 Å². The molecule has 0 spiro atoms. The van der Waals surface area contributed by atoms with E-state index in [0.29, 0.717) is 17.3 Å². The van der Waals surface area contributed by atoms with Gasteiger partial charge in [-0.1, -0.05) is 36.8 Å². The zero-order valence-corrected chi connectivity index (χ0v) is 15.5. The maximum Gasteiger partial charge on any atom is 0.262 e. The molecule has 5 heteroatoms. The van der Waals surface area contributed by atoms with Gasteiger partial charge in [0.25, 0.3) is 5.91 Å². The molecule has 0 unspecified atom stereocenters. The largest absolute Gasteiger partial charge is 0.484 e. The van der Waals surface area contributed by atoms with Gasteiger partial charge in [0, 0.05) is 5.69 Å². The predicted octanol–water partition coefficient (Wildman–Crippen LogP) is 4.71. The maximum absolute atomic E-state index is 12.0. The Balaban J connectivity index is 1.50. The lowest BCUT2D eigenvalue weighted by Gasteiger charge is -2.09. The lowest BCUT2D eigenvalue weighted by atomic mass is 10.1. The molecule has 3 aromatic rings. The lowest BCUT2D eigenvalue weighted by Crippen LogP contribution is -2.20. The van der Waals surface area contributed by atoms with Crippen molar-refractivity contribution in [2.24, 2.45) is 0 Å². The Kier molecular flexibility index (Phi) is 6.05. The molecule has 138 valence electrons. The summed E-state index contributed by atoms with van der Waals surface area (Å²) in [6.07, 6.45) is 2.63. The van der Waals surface area contributed by atoms with E-state index in [1.807, 2.05) is 49.4 Å². The van der Waals surface area contributed by atoms with E-state index in [1.165, 1.54) is 5.56 Å². The standard InChI is InChI=1S/C22H23N3O2/c1-3-17-6-8-18(9-7-17)24-21-13-10-19(14-23-21)25-22(26)15-27-20-11-4-16(2)5-12-20/h4-14H,3,15H2,1-2H3,(H,23,24)(H,25,26). The first-order chi connectivity index (χ1) is 13.1. The Hall–Kier alpha value is -3.34. The van der Waals surface area contributed by atoms with Gasteiger partial charge >= 0.3 is 0 Å². The summed E-state index contributed by atoms with van der Waals surface area (Å²) in [6, 6.07) is 19.4. The van der Waals surface area contributed by atoms with Crippen molar-refractivity contribution in [1.82, 2.24) is 4.98 Å². The van der Waals surface area contributed by atoms with Gasteiger partial charge in [0.1, 0.15) is 11.6 Å². The van der Waals surface area contributed by atoms with E-state index >= 15 is 0 Å². The van der Waals surface area contributed by atoms with Crippen molar-refractivity contribution < 1.29 is 9.53 Å². The highest BCUT2D eigenvalue weighted by Gasteiger charge is 2.05. The van der Waals surface area contributed by atoms with E-state index in [1.54, 1.807) is 12.3 Å². The second-order valence-corrected chi connectivity index (χ2v) is 6.26. The molecule has 1 aromatic heterocycles. The number of hydrogen-bond acceptors (Lipinski definition) is 4. The Morgan fingerprint density at radius 2 is 1.67 bits per heavy atom. The molecule has 0 bridgehead atoms. The van der Waals surface area contributed by atoms with Crippen molar-refractivity contribution in [2.45, 2.75) is 20.3 Å². The average molecular weight is 361 g/mol. The van der Waals surface area contributed by atoms with Crippen molar-refractivity contribution >= 4 is 23.1 Å². The maximum atomic E-state index is 12.0. The highest BCUT2D eigenvalue weighted by molar-refractivity contribution is 5.91. The normalized spacial score (nSPS) is 10.3. The quantitative estimate of drug-likeness (QED) is 0.639. The second-order valence-electron chi connectivity index (χ2n) is 6.26. The molecule has 0 aliphatic heterocycles. The van der Waals surface area contributed by atoms with Crippen LogP contribution in [-0.2, 0) is 11.2 Å². The van der Waals surface area contributed by atoms with Crippen molar-refractivity contribution in [1.29, 1.82) is 0 Å². The molecule has 3 rings (SSSR count). The summed E-state index contributed by atoms with van der Waals surface area (Å²) in [6.45, 7) is 4.08. The fourth-order valence-electron chi connectivity index (χ4n) is 2.49. The molecule has 5 nitrogen and oxygen atoms in total. The molecular formula is C22H23N3O2. The molecule has 0 aliphatic rings. The predicted molar refractivity (Wildman–Crippen MR) is 109 cm³/mol. The van der Waals surface area contributed by atoms with Crippen molar-refractivity contribution in [3.63, 3.8) is 0 Å². The molecular weight excluding hydrogens is 338 g/mol. The smallest absolute Gasteiger partial charge is 0.262 e. The first-order valence-electron chi connectivity index (χ1n) is 8.94. The Morgan fingerprint density at radius 3 is 2.30 bits per heavy atom. The van der Waals surface area contributed by atoms with Crippen LogP contribution in [0.15, 0.2) is 66.9 Å². The lowest BCUT2D eigenvalue weighted by molar-refractivity contribution is -0.118. The number of pyridine rings is 1. The summed E-state index contributed by atoms with van der Waals surface area (Å²) in [5.41, 5.74) is 4.04. The Morgan fingerprint density at radius 1 is 0.963 bits per heavy atom. The minimum absolute atomic E-state index is 0.0488. The number of hydrogen-bond donors (Lipinski definition) is 2. The van der Waals surface area contributed by atoms with Gasteiger partial charge in [-0.15, -0.1) is 0 Å². The van der Waals surface area contributed by atoms with Gasteiger partial charge in [-0.05, 0) is 55.3 Å². The monoisotopic (exact) mass is 361 g/mol. The highest BCUT2D eigenvalue weighted by Crippen LogP contribution is 2.17. The van der Waals surface area contributed by atoms with Gasteiger partial charge in [0.15, 0.2) is 6.61 Å². The van der Waals surface area contributed by atoms with Gasteiger partial charge in [-0.3, -0.25) is 4.79 Å². The third-order valence-electron chi connectivity index (χ3n) is 4.07. The average Bonchev–Trinajstić information content (AvgIpc) is 2.70. The van der Waals surface area contributed by atoms with Crippen molar-refractivity contribution in [3.8, 4) is 5.75 Å². The minimum Gasteiger partial charge on any atom is -0.484 e.